The molecule has 1 aliphatic rings. The van der Waals surface area contributed by atoms with Gasteiger partial charge in [0, 0.05) is 10.7 Å². The maximum atomic E-state index is 12.8. The lowest BCUT2D eigenvalue weighted by molar-refractivity contribution is -0.127. The number of hydrogen-bond donors (Lipinski definition) is 1. The molecule has 1 fully saturated rings. The van der Waals surface area contributed by atoms with Gasteiger partial charge >= 0.3 is 0 Å². The lowest BCUT2D eigenvalue weighted by Crippen LogP contribution is -2.36. The number of amides is 3. The summed E-state index contributed by atoms with van der Waals surface area (Å²) in [6.07, 6.45) is 1.59. The first kappa shape index (κ1) is 25.1. The quantitative estimate of drug-likeness (QED) is 0.411. The zero-order valence-electron chi connectivity index (χ0n) is 18.2. The summed E-state index contributed by atoms with van der Waals surface area (Å²) in [5.74, 6) is 0.0544. The average Bonchev–Trinajstić information content (AvgIpc) is 3.01. The van der Waals surface area contributed by atoms with E-state index in [2.05, 4.69) is 21.2 Å². The third-order valence-corrected chi connectivity index (χ3v) is 6.45. The maximum Gasteiger partial charge on any atom is 0.294 e. The molecule has 1 saturated heterocycles. The average molecular weight is 554 g/mol. The number of nitrogens with one attached hydrogen (secondary N) is 1. The third kappa shape index (κ3) is 6.10. The Hall–Kier alpha value is -2.49. The number of rotatable bonds is 8. The van der Waals surface area contributed by atoms with E-state index in [4.69, 9.17) is 21.1 Å². The molecule has 0 aliphatic carbocycles. The second kappa shape index (κ2) is 11.1. The van der Waals surface area contributed by atoms with E-state index in [1.807, 2.05) is 20.8 Å². The molecule has 174 valence electrons. The first-order valence-electron chi connectivity index (χ1n) is 10.1. The molecule has 1 heterocycles. The largest absolute Gasteiger partial charge is 0.490 e. The lowest BCUT2D eigenvalue weighted by atomic mass is 10.2. The lowest BCUT2D eigenvalue weighted by Gasteiger charge is -2.14. The minimum Gasteiger partial charge on any atom is -0.490 e. The second-order valence-corrected chi connectivity index (χ2v) is 9.23. The van der Waals surface area contributed by atoms with Crippen molar-refractivity contribution in [1.29, 1.82) is 0 Å². The molecule has 0 bridgehead atoms. The van der Waals surface area contributed by atoms with Crippen molar-refractivity contribution in [3.8, 4) is 11.5 Å². The van der Waals surface area contributed by atoms with Crippen LogP contribution in [0.2, 0.25) is 5.02 Å². The highest BCUT2D eigenvalue weighted by molar-refractivity contribution is 9.10. The minimum absolute atomic E-state index is 0.213. The summed E-state index contributed by atoms with van der Waals surface area (Å²) in [4.78, 5) is 38.8. The molecule has 33 heavy (non-hydrogen) atoms. The van der Waals surface area contributed by atoms with Crippen LogP contribution in [0.15, 0.2) is 39.7 Å². The molecular formula is C23H22BrClN2O5S. The van der Waals surface area contributed by atoms with E-state index in [-0.39, 0.29) is 4.91 Å². The van der Waals surface area contributed by atoms with Gasteiger partial charge in [-0.2, -0.15) is 0 Å². The van der Waals surface area contributed by atoms with Gasteiger partial charge in [0.05, 0.1) is 22.6 Å². The van der Waals surface area contributed by atoms with E-state index in [9.17, 15) is 14.4 Å². The van der Waals surface area contributed by atoms with Crippen LogP contribution in [0.1, 0.15) is 25.0 Å². The zero-order chi connectivity index (χ0) is 24.1. The molecule has 10 heteroatoms. The van der Waals surface area contributed by atoms with Gasteiger partial charge in [-0.15, -0.1) is 0 Å². The fraction of sp³-hybridized carbons (Fsp3) is 0.261. The van der Waals surface area contributed by atoms with Crippen LogP contribution in [0.5, 0.6) is 11.5 Å². The van der Waals surface area contributed by atoms with E-state index in [0.29, 0.717) is 45.5 Å². The number of anilines is 1. The number of imide groups is 1. The van der Waals surface area contributed by atoms with Gasteiger partial charge in [-0.25, -0.2) is 0 Å². The van der Waals surface area contributed by atoms with E-state index in [1.165, 1.54) is 0 Å². The number of aryl methyl sites for hydroxylation is 1. The molecule has 1 N–H and O–H groups in total. The van der Waals surface area contributed by atoms with Gasteiger partial charge in [-0.3, -0.25) is 19.3 Å². The van der Waals surface area contributed by atoms with Gasteiger partial charge in [-0.1, -0.05) is 17.7 Å². The number of thioether (sulfide) groups is 1. The Morgan fingerprint density at radius 2 is 1.91 bits per heavy atom. The number of nitrogens with zero attached hydrogens (tertiary/aromatic N) is 1. The smallest absolute Gasteiger partial charge is 0.294 e. The first-order chi connectivity index (χ1) is 15.7. The minimum atomic E-state index is -0.537. The number of benzene rings is 2. The van der Waals surface area contributed by atoms with Crippen molar-refractivity contribution in [2.24, 2.45) is 0 Å². The molecule has 1 aliphatic heterocycles. The molecule has 2 aromatic carbocycles. The number of ether oxygens (including phenoxy) is 2. The monoisotopic (exact) mass is 552 g/mol. The van der Waals surface area contributed by atoms with Gasteiger partial charge in [0.2, 0.25) is 5.91 Å². The first-order valence-corrected chi connectivity index (χ1v) is 12.1. The molecule has 2 aromatic rings. The van der Waals surface area contributed by atoms with Gasteiger partial charge in [0.25, 0.3) is 11.1 Å². The van der Waals surface area contributed by atoms with Crippen LogP contribution >= 0.6 is 39.3 Å². The van der Waals surface area contributed by atoms with Gasteiger partial charge in [0.15, 0.2) is 11.5 Å². The Balaban J connectivity index is 1.76. The van der Waals surface area contributed by atoms with Crippen molar-refractivity contribution >= 4 is 68.1 Å². The van der Waals surface area contributed by atoms with Crippen LogP contribution in [0.3, 0.4) is 0 Å². The molecule has 3 rings (SSSR count). The standard InChI is InChI=1S/C23H22BrClN2O5S/c1-4-31-18-9-14(8-16(24)21(18)32-5-2)10-19-22(29)27(23(30)33-19)12-20(28)26-15-7-6-13(3)17(25)11-15/h6-11H,4-5,12H2,1-3H3,(H,26,28)/b19-10+. The summed E-state index contributed by atoms with van der Waals surface area (Å²) in [5, 5.41) is 2.65. The Morgan fingerprint density at radius 3 is 2.58 bits per heavy atom. The van der Waals surface area contributed by atoms with Crippen LogP contribution in [0, 0.1) is 6.92 Å². The van der Waals surface area contributed by atoms with E-state index in [0.717, 1.165) is 22.2 Å². The Bertz CT molecular complexity index is 1140. The van der Waals surface area contributed by atoms with Crippen LogP contribution < -0.4 is 14.8 Å². The van der Waals surface area contributed by atoms with E-state index >= 15 is 0 Å². The highest BCUT2D eigenvalue weighted by Crippen LogP contribution is 2.39. The van der Waals surface area contributed by atoms with Gasteiger partial charge < -0.3 is 14.8 Å². The van der Waals surface area contributed by atoms with Gasteiger partial charge in [0.1, 0.15) is 6.54 Å². The van der Waals surface area contributed by atoms with Crippen molar-refractivity contribution in [1.82, 2.24) is 4.90 Å². The predicted octanol–water partition coefficient (Wildman–Crippen LogP) is 5.88. The van der Waals surface area contributed by atoms with Crippen molar-refractivity contribution in [2.45, 2.75) is 20.8 Å². The van der Waals surface area contributed by atoms with Crippen LogP contribution in [0.4, 0.5) is 10.5 Å². The van der Waals surface area contributed by atoms with Crippen LogP contribution in [-0.4, -0.2) is 41.7 Å². The zero-order valence-corrected chi connectivity index (χ0v) is 21.4. The van der Waals surface area contributed by atoms with Gasteiger partial charge in [-0.05, 0) is 89.9 Å². The third-order valence-electron chi connectivity index (χ3n) is 4.55. The van der Waals surface area contributed by atoms with Crippen molar-refractivity contribution in [2.75, 3.05) is 25.1 Å². The molecule has 7 nitrogen and oxygen atoms in total. The SMILES string of the molecule is CCOc1cc(/C=C2/SC(=O)N(CC(=O)Nc3ccc(C)c(Cl)c3)C2=O)cc(Br)c1OCC. The highest BCUT2D eigenvalue weighted by atomic mass is 79.9. The molecule has 0 unspecified atom stereocenters. The number of carbonyl (C=O) groups excluding carboxylic acids is 3. The molecular weight excluding hydrogens is 532 g/mol. The van der Waals surface area contributed by atoms with Crippen molar-refractivity contribution < 1.29 is 23.9 Å². The summed E-state index contributed by atoms with van der Waals surface area (Å²) < 4.78 is 11.9. The van der Waals surface area contributed by atoms with Crippen LogP contribution in [0.25, 0.3) is 6.08 Å². The Labute approximate surface area is 209 Å². The number of halogens is 2. The highest BCUT2D eigenvalue weighted by Gasteiger charge is 2.36. The topological polar surface area (TPSA) is 84.9 Å². The molecule has 3 amide bonds. The van der Waals surface area contributed by atoms with Crippen molar-refractivity contribution in [3.63, 3.8) is 0 Å². The number of carbonyl (C=O) groups is 3. The second-order valence-electron chi connectivity index (χ2n) is 6.98. The molecule has 0 aromatic heterocycles. The summed E-state index contributed by atoms with van der Waals surface area (Å²) in [7, 11) is 0. The Kier molecular flexibility index (Phi) is 8.45. The summed E-state index contributed by atoms with van der Waals surface area (Å²) in [6, 6.07) is 8.59. The molecule has 0 radical (unpaired) electrons. The predicted molar refractivity (Wildman–Crippen MR) is 134 cm³/mol. The normalized spacial score (nSPS) is 14.7. The van der Waals surface area contributed by atoms with E-state index < -0.39 is 23.6 Å². The molecule has 0 atom stereocenters. The molecule has 0 spiro atoms. The Morgan fingerprint density at radius 1 is 1.18 bits per heavy atom. The van der Waals surface area contributed by atoms with Crippen LogP contribution in [-0.2, 0) is 9.59 Å². The number of hydrogen-bond acceptors (Lipinski definition) is 6. The maximum absolute atomic E-state index is 12.8. The summed E-state index contributed by atoms with van der Waals surface area (Å²) in [5.41, 5.74) is 2.01. The summed E-state index contributed by atoms with van der Waals surface area (Å²) in [6.45, 7) is 6.08. The molecule has 0 saturated carbocycles. The summed E-state index contributed by atoms with van der Waals surface area (Å²) >= 11 is 10.3. The fourth-order valence-corrected chi connectivity index (χ4v) is 4.61. The van der Waals surface area contributed by atoms with E-state index in [1.54, 1.807) is 36.4 Å². The fourth-order valence-electron chi connectivity index (χ4n) is 3.02. The van der Waals surface area contributed by atoms with Crippen molar-refractivity contribution in [3.05, 3.63) is 55.9 Å².